The van der Waals surface area contributed by atoms with E-state index < -0.39 is 0 Å². The molecule has 0 radical (unpaired) electrons. The van der Waals surface area contributed by atoms with E-state index in [4.69, 9.17) is 4.74 Å². The first-order valence-corrected chi connectivity index (χ1v) is 9.19. The molecule has 1 aromatic carbocycles. The van der Waals surface area contributed by atoms with E-state index >= 15 is 0 Å². The topological polar surface area (TPSA) is 32.8 Å². The first-order valence-electron chi connectivity index (χ1n) is 9.19. The van der Waals surface area contributed by atoms with E-state index in [9.17, 15) is 4.79 Å². The van der Waals surface area contributed by atoms with Crippen molar-refractivity contribution in [2.45, 2.75) is 31.9 Å². The van der Waals surface area contributed by atoms with E-state index in [2.05, 4.69) is 35.1 Å². The van der Waals surface area contributed by atoms with Crippen molar-refractivity contribution in [1.82, 2.24) is 9.80 Å². The van der Waals surface area contributed by atoms with Crippen molar-refractivity contribution in [3.63, 3.8) is 0 Å². The van der Waals surface area contributed by atoms with Gasteiger partial charge >= 0.3 is 5.97 Å². The molecule has 3 rings (SSSR count). The lowest BCUT2D eigenvalue weighted by Gasteiger charge is -2.37. The standard InChI is InChI=1S/C21H28N2O2/c1-17(18-9-5-3-6-10-18)25-21(24)20(19-11-7-4-8-12-19)23-15-13-22(2)14-16-23/h3-5,7-9,11-12,17,20H,6,10,13-16H2,1-2H3/t17-,20?/m0/s1. The molecule has 4 nitrogen and oxygen atoms in total. The highest BCUT2D eigenvalue weighted by Gasteiger charge is 2.32. The van der Waals surface area contributed by atoms with Crippen LogP contribution in [0, 0.1) is 0 Å². The fourth-order valence-electron chi connectivity index (χ4n) is 3.49. The smallest absolute Gasteiger partial charge is 0.328 e. The molecule has 1 unspecified atom stereocenters. The van der Waals surface area contributed by atoms with E-state index in [0.717, 1.165) is 44.6 Å². The van der Waals surface area contributed by atoms with Gasteiger partial charge in [0.2, 0.25) is 0 Å². The molecule has 2 aliphatic rings. The summed E-state index contributed by atoms with van der Waals surface area (Å²) >= 11 is 0. The number of carbonyl (C=O) groups is 1. The molecule has 0 bridgehead atoms. The number of benzene rings is 1. The Hall–Kier alpha value is -1.91. The maximum absolute atomic E-state index is 13.1. The van der Waals surface area contributed by atoms with Crippen LogP contribution in [0.2, 0.25) is 0 Å². The first-order chi connectivity index (χ1) is 12.1. The van der Waals surface area contributed by atoms with Crippen LogP contribution >= 0.6 is 0 Å². The molecule has 0 spiro atoms. The Kier molecular flexibility index (Phi) is 6.05. The number of allylic oxidation sites excluding steroid dienone is 3. The number of nitrogens with zero attached hydrogens (tertiary/aromatic N) is 2. The fourth-order valence-corrected chi connectivity index (χ4v) is 3.49. The lowest BCUT2D eigenvalue weighted by Crippen LogP contribution is -2.48. The lowest BCUT2D eigenvalue weighted by molar-refractivity contribution is -0.154. The molecular weight excluding hydrogens is 312 g/mol. The van der Waals surface area contributed by atoms with Crippen LogP contribution in [-0.2, 0) is 9.53 Å². The van der Waals surface area contributed by atoms with E-state index in [-0.39, 0.29) is 18.1 Å². The Balaban J connectivity index is 1.75. The van der Waals surface area contributed by atoms with E-state index in [0.29, 0.717) is 0 Å². The van der Waals surface area contributed by atoms with Crippen LogP contribution in [0.4, 0.5) is 0 Å². The third-order valence-corrected chi connectivity index (χ3v) is 5.10. The van der Waals surface area contributed by atoms with Crippen molar-refractivity contribution >= 4 is 5.97 Å². The Bertz CT molecular complexity index is 631. The van der Waals surface area contributed by atoms with Crippen LogP contribution in [0.15, 0.2) is 54.1 Å². The summed E-state index contributed by atoms with van der Waals surface area (Å²) in [6.45, 7) is 5.69. The zero-order valence-corrected chi connectivity index (χ0v) is 15.2. The Labute approximate surface area is 150 Å². The predicted octanol–water partition coefficient (Wildman–Crippen LogP) is 3.18. The van der Waals surface area contributed by atoms with Crippen LogP contribution in [0.1, 0.15) is 31.4 Å². The van der Waals surface area contributed by atoms with E-state index in [1.807, 2.05) is 37.3 Å². The van der Waals surface area contributed by atoms with Gasteiger partial charge in [0.25, 0.3) is 0 Å². The monoisotopic (exact) mass is 340 g/mol. The average Bonchev–Trinajstić information content (AvgIpc) is 2.65. The molecule has 0 saturated carbocycles. The summed E-state index contributed by atoms with van der Waals surface area (Å²) in [4.78, 5) is 17.6. The maximum Gasteiger partial charge on any atom is 0.328 e. The van der Waals surface area contributed by atoms with Gasteiger partial charge in [-0.15, -0.1) is 0 Å². The van der Waals surface area contributed by atoms with Crippen LogP contribution < -0.4 is 0 Å². The Morgan fingerprint density at radius 3 is 2.48 bits per heavy atom. The van der Waals surface area contributed by atoms with Crippen molar-refractivity contribution in [2.75, 3.05) is 33.2 Å². The summed E-state index contributed by atoms with van der Waals surface area (Å²) in [6, 6.07) is 9.69. The lowest BCUT2D eigenvalue weighted by atomic mass is 10.0. The summed E-state index contributed by atoms with van der Waals surface area (Å²) in [5.41, 5.74) is 2.21. The van der Waals surface area contributed by atoms with Crippen molar-refractivity contribution in [3.05, 3.63) is 59.7 Å². The summed E-state index contributed by atoms with van der Waals surface area (Å²) < 4.78 is 5.89. The molecular formula is C21H28N2O2. The quantitative estimate of drug-likeness (QED) is 0.771. The molecule has 1 aliphatic heterocycles. The summed E-state index contributed by atoms with van der Waals surface area (Å²) in [6.07, 6.45) is 8.10. The summed E-state index contributed by atoms with van der Waals surface area (Å²) in [5.74, 6) is -0.140. The van der Waals surface area contributed by atoms with Gasteiger partial charge in [0.1, 0.15) is 12.1 Å². The number of piperazine rings is 1. The normalized spacial score (nSPS) is 21.4. The largest absolute Gasteiger partial charge is 0.457 e. The first kappa shape index (κ1) is 17.9. The summed E-state index contributed by atoms with van der Waals surface area (Å²) in [5, 5.41) is 0. The number of likely N-dealkylation sites (N-methyl/N-ethyl adjacent to an activating group) is 1. The molecule has 2 atom stereocenters. The SMILES string of the molecule is C[C@H](OC(=O)C(c1ccccc1)N1CCN(C)CC1)C1=CC=CCC1. The van der Waals surface area contributed by atoms with Gasteiger partial charge in [-0.3, -0.25) is 4.90 Å². The third kappa shape index (κ3) is 4.59. The van der Waals surface area contributed by atoms with Crippen molar-refractivity contribution in [1.29, 1.82) is 0 Å². The predicted molar refractivity (Wildman–Crippen MR) is 100 cm³/mol. The highest BCUT2D eigenvalue weighted by atomic mass is 16.5. The molecule has 1 heterocycles. The maximum atomic E-state index is 13.1. The molecule has 25 heavy (non-hydrogen) atoms. The Morgan fingerprint density at radius 2 is 1.84 bits per heavy atom. The second-order valence-electron chi connectivity index (χ2n) is 6.94. The molecule has 4 heteroatoms. The van der Waals surface area contributed by atoms with Crippen LogP contribution in [-0.4, -0.2) is 55.1 Å². The summed E-state index contributed by atoms with van der Waals surface area (Å²) in [7, 11) is 2.12. The van der Waals surface area contributed by atoms with Gasteiger partial charge in [0.05, 0.1) is 0 Å². The number of ether oxygens (including phenoxy) is 1. The number of carbonyl (C=O) groups excluding carboxylic acids is 1. The van der Waals surface area contributed by atoms with Gasteiger partial charge < -0.3 is 9.64 Å². The molecule has 1 saturated heterocycles. The number of rotatable bonds is 5. The highest BCUT2D eigenvalue weighted by molar-refractivity contribution is 5.78. The minimum atomic E-state index is -0.322. The van der Waals surface area contributed by atoms with E-state index in [1.54, 1.807) is 0 Å². The molecule has 1 aliphatic carbocycles. The van der Waals surface area contributed by atoms with Gasteiger partial charge in [0.15, 0.2) is 0 Å². The Morgan fingerprint density at radius 1 is 1.12 bits per heavy atom. The number of esters is 1. The second-order valence-corrected chi connectivity index (χ2v) is 6.94. The average molecular weight is 340 g/mol. The molecule has 0 aromatic heterocycles. The van der Waals surface area contributed by atoms with Gasteiger partial charge in [-0.05, 0) is 37.9 Å². The van der Waals surface area contributed by atoms with Gasteiger partial charge in [-0.2, -0.15) is 0 Å². The number of hydrogen-bond donors (Lipinski definition) is 0. The molecule has 0 amide bonds. The van der Waals surface area contributed by atoms with Crippen LogP contribution in [0.3, 0.4) is 0 Å². The van der Waals surface area contributed by atoms with Crippen molar-refractivity contribution in [2.24, 2.45) is 0 Å². The molecule has 1 aromatic rings. The molecule has 0 N–H and O–H groups in total. The molecule has 1 fully saturated rings. The van der Waals surface area contributed by atoms with Crippen molar-refractivity contribution in [3.8, 4) is 0 Å². The zero-order chi connectivity index (χ0) is 17.6. The molecule has 134 valence electrons. The minimum Gasteiger partial charge on any atom is -0.457 e. The second kappa shape index (κ2) is 8.45. The highest BCUT2D eigenvalue weighted by Crippen LogP contribution is 2.26. The van der Waals surface area contributed by atoms with Gasteiger partial charge in [0, 0.05) is 26.2 Å². The third-order valence-electron chi connectivity index (χ3n) is 5.10. The minimum absolute atomic E-state index is 0.140. The van der Waals surface area contributed by atoms with Crippen molar-refractivity contribution < 1.29 is 9.53 Å². The van der Waals surface area contributed by atoms with Gasteiger partial charge in [-0.25, -0.2) is 4.79 Å². The number of hydrogen-bond acceptors (Lipinski definition) is 4. The zero-order valence-electron chi connectivity index (χ0n) is 15.2. The fraction of sp³-hybridized carbons (Fsp3) is 0.476. The van der Waals surface area contributed by atoms with Crippen LogP contribution in [0.25, 0.3) is 0 Å². The van der Waals surface area contributed by atoms with Gasteiger partial charge in [-0.1, -0.05) is 48.6 Å². The van der Waals surface area contributed by atoms with E-state index in [1.165, 1.54) is 5.57 Å². The van der Waals surface area contributed by atoms with Crippen LogP contribution in [0.5, 0.6) is 0 Å².